The summed E-state index contributed by atoms with van der Waals surface area (Å²) in [5.74, 6) is 0.155. The largest absolute Gasteiger partial charge is 0.392 e. The number of aliphatic hydroxyl groups is 2. The first-order chi connectivity index (χ1) is 10.8. The minimum absolute atomic E-state index is 0.155. The number of benzene rings is 1. The van der Waals surface area contributed by atoms with Gasteiger partial charge in [0.1, 0.15) is 0 Å². The van der Waals surface area contributed by atoms with E-state index in [4.69, 9.17) is 0 Å². The molecule has 0 spiro atoms. The van der Waals surface area contributed by atoms with Crippen molar-refractivity contribution in [2.75, 3.05) is 5.75 Å². The molecule has 0 aliphatic heterocycles. The van der Waals surface area contributed by atoms with E-state index in [-0.39, 0.29) is 5.75 Å². The summed E-state index contributed by atoms with van der Waals surface area (Å²) in [7, 11) is -1.25. The Balaban J connectivity index is 2.57. The van der Waals surface area contributed by atoms with Gasteiger partial charge in [-0.25, -0.2) is 0 Å². The van der Waals surface area contributed by atoms with Gasteiger partial charge in [0.05, 0.1) is 28.8 Å². The molecule has 0 aromatic heterocycles. The summed E-state index contributed by atoms with van der Waals surface area (Å²) in [6, 6.07) is 7.53. The third kappa shape index (κ3) is 6.36. The molecule has 0 unspecified atom stereocenters. The Labute approximate surface area is 143 Å². The first kappa shape index (κ1) is 20.3. The number of aliphatic hydroxyl groups excluding tert-OH is 2. The van der Waals surface area contributed by atoms with Crippen LogP contribution in [0.25, 0.3) is 0 Å². The van der Waals surface area contributed by atoms with Crippen LogP contribution in [-0.4, -0.2) is 32.4 Å². The Morgan fingerprint density at radius 2 is 1.65 bits per heavy atom. The van der Waals surface area contributed by atoms with Crippen molar-refractivity contribution in [3.63, 3.8) is 0 Å². The standard InChI is InChI=1S/C19H32O3S/c1-5-6-7-8-9-17(20)19(3,4)18(21)14-23(22)16-12-10-15(2)11-13-16/h10-13,17-18,20-21H,5-9,14H2,1-4H3/t17-,18-,23-/m1/s1. The van der Waals surface area contributed by atoms with Crippen molar-refractivity contribution in [1.82, 2.24) is 0 Å². The highest BCUT2D eigenvalue weighted by molar-refractivity contribution is 7.85. The molecule has 0 aliphatic rings. The Bertz CT molecular complexity index is 482. The van der Waals surface area contributed by atoms with E-state index in [1.54, 1.807) is 0 Å². The Kier molecular flexibility index (Phi) is 8.45. The van der Waals surface area contributed by atoms with E-state index in [0.29, 0.717) is 6.42 Å². The van der Waals surface area contributed by atoms with Crippen LogP contribution < -0.4 is 0 Å². The van der Waals surface area contributed by atoms with Crippen LogP contribution in [0.2, 0.25) is 0 Å². The summed E-state index contributed by atoms with van der Waals surface area (Å²) in [5.41, 5.74) is 0.459. The van der Waals surface area contributed by atoms with Gasteiger partial charge in [0.15, 0.2) is 0 Å². The molecule has 0 saturated carbocycles. The molecule has 3 atom stereocenters. The van der Waals surface area contributed by atoms with Gasteiger partial charge in [-0.3, -0.25) is 4.21 Å². The van der Waals surface area contributed by atoms with Gasteiger partial charge in [-0.05, 0) is 25.5 Å². The molecule has 132 valence electrons. The Morgan fingerprint density at radius 1 is 1.04 bits per heavy atom. The zero-order valence-corrected chi connectivity index (χ0v) is 15.7. The van der Waals surface area contributed by atoms with Crippen LogP contribution in [0.1, 0.15) is 58.4 Å². The van der Waals surface area contributed by atoms with Gasteiger partial charge in [0.2, 0.25) is 0 Å². The molecule has 2 N–H and O–H groups in total. The molecule has 0 bridgehead atoms. The fourth-order valence-electron chi connectivity index (χ4n) is 2.50. The smallest absolute Gasteiger partial charge is 0.0734 e. The van der Waals surface area contributed by atoms with E-state index in [1.165, 1.54) is 6.42 Å². The monoisotopic (exact) mass is 340 g/mol. The fourth-order valence-corrected chi connectivity index (χ4v) is 3.85. The molecule has 1 aromatic rings. The third-order valence-corrected chi connectivity index (χ3v) is 6.06. The van der Waals surface area contributed by atoms with Crippen LogP contribution in [0.3, 0.4) is 0 Å². The first-order valence-electron chi connectivity index (χ1n) is 8.60. The lowest BCUT2D eigenvalue weighted by Gasteiger charge is -2.35. The van der Waals surface area contributed by atoms with Crippen LogP contribution in [-0.2, 0) is 10.8 Å². The van der Waals surface area contributed by atoms with E-state index in [9.17, 15) is 14.4 Å². The SMILES string of the molecule is CCCCCC[C@@H](O)C(C)(C)[C@H](O)C[S@@](=O)c1ccc(C)cc1. The summed E-state index contributed by atoms with van der Waals surface area (Å²) in [4.78, 5) is 0.725. The molecular weight excluding hydrogens is 308 g/mol. The lowest BCUT2D eigenvalue weighted by atomic mass is 9.79. The normalized spacial score (nSPS) is 16.1. The highest BCUT2D eigenvalue weighted by Crippen LogP contribution is 2.30. The molecule has 0 heterocycles. The highest BCUT2D eigenvalue weighted by Gasteiger charge is 2.36. The zero-order chi connectivity index (χ0) is 17.5. The maximum atomic E-state index is 12.4. The summed E-state index contributed by atoms with van der Waals surface area (Å²) < 4.78 is 12.4. The van der Waals surface area contributed by atoms with Gasteiger partial charge in [0, 0.05) is 10.3 Å². The Morgan fingerprint density at radius 3 is 2.22 bits per heavy atom. The highest BCUT2D eigenvalue weighted by atomic mass is 32.2. The van der Waals surface area contributed by atoms with Gasteiger partial charge < -0.3 is 10.2 Å². The van der Waals surface area contributed by atoms with Crippen molar-refractivity contribution >= 4 is 10.8 Å². The van der Waals surface area contributed by atoms with Crippen molar-refractivity contribution in [2.24, 2.45) is 5.41 Å². The van der Waals surface area contributed by atoms with E-state index in [0.717, 1.165) is 29.7 Å². The van der Waals surface area contributed by atoms with Crippen molar-refractivity contribution in [3.8, 4) is 0 Å². The maximum Gasteiger partial charge on any atom is 0.0734 e. The second kappa shape index (κ2) is 9.55. The molecule has 0 aliphatic carbocycles. The maximum absolute atomic E-state index is 12.4. The van der Waals surface area contributed by atoms with Crippen molar-refractivity contribution < 1.29 is 14.4 Å². The minimum atomic E-state index is -1.25. The van der Waals surface area contributed by atoms with Crippen molar-refractivity contribution in [1.29, 1.82) is 0 Å². The van der Waals surface area contributed by atoms with E-state index in [2.05, 4.69) is 6.92 Å². The van der Waals surface area contributed by atoms with Crippen LogP contribution in [0.5, 0.6) is 0 Å². The molecule has 1 rings (SSSR count). The van der Waals surface area contributed by atoms with Crippen molar-refractivity contribution in [3.05, 3.63) is 29.8 Å². The fraction of sp³-hybridized carbons (Fsp3) is 0.684. The lowest BCUT2D eigenvalue weighted by molar-refractivity contribution is -0.0410. The zero-order valence-electron chi connectivity index (χ0n) is 14.9. The number of hydrogen-bond donors (Lipinski definition) is 2. The second-order valence-electron chi connectivity index (χ2n) is 7.03. The predicted octanol–water partition coefficient (Wildman–Crippen LogP) is 3.82. The second-order valence-corrected chi connectivity index (χ2v) is 8.52. The number of unbranched alkanes of at least 4 members (excludes halogenated alkanes) is 3. The molecule has 23 heavy (non-hydrogen) atoms. The minimum Gasteiger partial charge on any atom is -0.392 e. The van der Waals surface area contributed by atoms with E-state index >= 15 is 0 Å². The van der Waals surface area contributed by atoms with Gasteiger partial charge in [-0.15, -0.1) is 0 Å². The first-order valence-corrected chi connectivity index (χ1v) is 9.92. The van der Waals surface area contributed by atoms with Crippen LogP contribution >= 0.6 is 0 Å². The molecule has 3 nitrogen and oxygen atoms in total. The number of aryl methyl sites for hydroxylation is 1. The molecule has 0 fully saturated rings. The molecule has 0 saturated heterocycles. The third-order valence-electron chi connectivity index (χ3n) is 4.64. The van der Waals surface area contributed by atoms with Crippen LogP contribution in [0.4, 0.5) is 0 Å². The average Bonchev–Trinajstić information content (AvgIpc) is 2.51. The van der Waals surface area contributed by atoms with E-state index in [1.807, 2.05) is 45.0 Å². The number of rotatable bonds is 10. The average molecular weight is 341 g/mol. The van der Waals surface area contributed by atoms with Gasteiger partial charge in [0.25, 0.3) is 0 Å². The van der Waals surface area contributed by atoms with Gasteiger partial charge in [-0.2, -0.15) is 0 Å². The predicted molar refractivity (Wildman–Crippen MR) is 97.0 cm³/mol. The van der Waals surface area contributed by atoms with Crippen LogP contribution in [0.15, 0.2) is 29.2 Å². The molecule has 1 aromatic carbocycles. The molecular formula is C19H32O3S. The Hall–Kier alpha value is -0.710. The number of hydrogen-bond acceptors (Lipinski definition) is 3. The van der Waals surface area contributed by atoms with Gasteiger partial charge in [-0.1, -0.05) is 64.2 Å². The van der Waals surface area contributed by atoms with Gasteiger partial charge >= 0.3 is 0 Å². The summed E-state index contributed by atoms with van der Waals surface area (Å²) in [6.07, 6.45) is 3.71. The molecule has 0 amide bonds. The van der Waals surface area contributed by atoms with Crippen LogP contribution in [0, 0.1) is 12.3 Å². The quantitative estimate of drug-likeness (QED) is 0.637. The molecule has 4 heteroatoms. The summed E-state index contributed by atoms with van der Waals surface area (Å²) in [5, 5.41) is 20.9. The summed E-state index contributed by atoms with van der Waals surface area (Å²) in [6.45, 7) is 7.85. The van der Waals surface area contributed by atoms with Crippen molar-refractivity contribution in [2.45, 2.75) is 76.9 Å². The summed E-state index contributed by atoms with van der Waals surface area (Å²) >= 11 is 0. The lowest BCUT2D eigenvalue weighted by Crippen LogP contribution is -2.43. The molecule has 0 radical (unpaired) electrons. The van der Waals surface area contributed by atoms with E-state index < -0.39 is 28.4 Å². The topological polar surface area (TPSA) is 57.5 Å².